The molecule has 0 bridgehead atoms. The maximum Gasteiger partial charge on any atom is 0.161 e. The standard InChI is InChI=1S/C24H30N2O4/c1-25(2)10-12-28-21-6-3-18(4-7-21)22-15-20(17-26(22)9-11-27)19-5-8-23-24(16-19)30-14-13-29-23/h3-8,11,16,20,22H,9-10,12-15,17H2,1-2H3/t20-,22-/m1/s1. The van der Waals surface area contributed by atoms with E-state index in [9.17, 15) is 4.79 Å². The molecule has 6 nitrogen and oxygen atoms in total. The average molecular weight is 411 g/mol. The smallest absolute Gasteiger partial charge is 0.161 e. The highest BCUT2D eigenvalue weighted by molar-refractivity contribution is 5.53. The third-order valence-corrected chi connectivity index (χ3v) is 5.82. The molecule has 1 fully saturated rings. The van der Waals surface area contributed by atoms with Gasteiger partial charge in [0.15, 0.2) is 11.5 Å². The quantitative estimate of drug-likeness (QED) is 0.624. The van der Waals surface area contributed by atoms with Crippen LogP contribution in [0.2, 0.25) is 0 Å². The van der Waals surface area contributed by atoms with Crippen LogP contribution in [-0.2, 0) is 4.79 Å². The second kappa shape index (κ2) is 9.49. The molecule has 0 aliphatic carbocycles. The molecule has 2 aliphatic heterocycles. The Kier molecular flexibility index (Phi) is 6.55. The van der Waals surface area contributed by atoms with Crippen molar-refractivity contribution >= 4 is 6.29 Å². The van der Waals surface area contributed by atoms with Crippen molar-refractivity contribution in [2.24, 2.45) is 0 Å². The van der Waals surface area contributed by atoms with Crippen molar-refractivity contribution in [3.63, 3.8) is 0 Å². The average Bonchev–Trinajstić information content (AvgIpc) is 3.18. The van der Waals surface area contributed by atoms with E-state index in [0.717, 1.165) is 43.0 Å². The molecule has 160 valence electrons. The molecule has 0 unspecified atom stereocenters. The minimum atomic E-state index is 0.212. The number of likely N-dealkylation sites (tertiary alicyclic amines) is 1. The summed E-state index contributed by atoms with van der Waals surface area (Å²) in [6.07, 6.45) is 1.96. The van der Waals surface area contributed by atoms with E-state index in [0.29, 0.717) is 32.3 Å². The molecule has 0 radical (unpaired) electrons. The number of fused-ring (bicyclic) bond motifs is 1. The summed E-state index contributed by atoms with van der Waals surface area (Å²) in [6, 6.07) is 14.7. The molecule has 6 heteroatoms. The van der Waals surface area contributed by atoms with E-state index in [1.54, 1.807) is 0 Å². The molecule has 2 aromatic carbocycles. The van der Waals surface area contributed by atoms with Gasteiger partial charge in [-0.1, -0.05) is 18.2 Å². The van der Waals surface area contributed by atoms with Gasteiger partial charge in [-0.3, -0.25) is 4.90 Å². The lowest BCUT2D eigenvalue weighted by Gasteiger charge is -2.22. The van der Waals surface area contributed by atoms with Crippen LogP contribution in [0, 0.1) is 0 Å². The number of aldehydes is 1. The highest BCUT2D eigenvalue weighted by atomic mass is 16.6. The summed E-state index contributed by atoms with van der Waals surface area (Å²) in [5, 5.41) is 0. The number of likely N-dealkylation sites (N-methyl/N-ethyl adjacent to an activating group) is 1. The zero-order valence-corrected chi connectivity index (χ0v) is 17.8. The lowest BCUT2D eigenvalue weighted by atomic mass is 9.93. The van der Waals surface area contributed by atoms with Gasteiger partial charge in [0.2, 0.25) is 0 Å². The number of carbonyl (C=O) groups is 1. The van der Waals surface area contributed by atoms with E-state index >= 15 is 0 Å². The van der Waals surface area contributed by atoms with Crippen LogP contribution in [0.3, 0.4) is 0 Å². The van der Waals surface area contributed by atoms with Crippen LogP contribution in [0.25, 0.3) is 0 Å². The topological polar surface area (TPSA) is 51.2 Å². The van der Waals surface area contributed by atoms with Gasteiger partial charge in [-0.15, -0.1) is 0 Å². The molecule has 1 saturated heterocycles. The summed E-state index contributed by atoms with van der Waals surface area (Å²) in [6.45, 7) is 4.02. The lowest BCUT2D eigenvalue weighted by Crippen LogP contribution is -2.25. The van der Waals surface area contributed by atoms with Crippen molar-refractivity contribution in [1.82, 2.24) is 9.80 Å². The third kappa shape index (κ3) is 4.77. The summed E-state index contributed by atoms with van der Waals surface area (Å²) in [5.74, 6) is 2.86. The zero-order valence-electron chi connectivity index (χ0n) is 17.8. The number of carbonyl (C=O) groups excluding carboxylic acids is 1. The molecule has 0 spiro atoms. The molecule has 4 rings (SSSR count). The first-order valence-electron chi connectivity index (χ1n) is 10.6. The van der Waals surface area contributed by atoms with Crippen molar-refractivity contribution < 1.29 is 19.0 Å². The second-order valence-corrected chi connectivity index (χ2v) is 8.19. The van der Waals surface area contributed by atoms with E-state index in [4.69, 9.17) is 14.2 Å². The van der Waals surface area contributed by atoms with E-state index in [1.807, 2.05) is 32.3 Å². The van der Waals surface area contributed by atoms with Gasteiger partial charge in [0, 0.05) is 19.1 Å². The van der Waals surface area contributed by atoms with E-state index in [2.05, 4.69) is 34.1 Å². The van der Waals surface area contributed by atoms with Crippen LogP contribution in [0.15, 0.2) is 42.5 Å². The van der Waals surface area contributed by atoms with E-state index in [-0.39, 0.29) is 6.04 Å². The molecule has 2 atom stereocenters. The van der Waals surface area contributed by atoms with Crippen LogP contribution in [-0.4, -0.2) is 69.6 Å². The van der Waals surface area contributed by atoms with Crippen LogP contribution in [0.1, 0.15) is 29.5 Å². The minimum Gasteiger partial charge on any atom is -0.492 e. The highest BCUT2D eigenvalue weighted by Gasteiger charge is 2.34. The zero-order chi connectivity index (χ0) is 20.9. The Balaban J connectivity index is 1.46. The van der Waals surface area contributed by atoms with Crippen LogP contribution in [0.5, 0.6) is 17.2 Å². The fourth-order valence-corrected chi connectivity index (χ4v) is 4.24. The molecule has 0 aromatic heterocycles. The van der Waals surface area contributed by atoms with E-state index in [1.165, 1.54) is 11.1 Å². The van der Waals surface area contributed by atoms with Crippen molar-refractivity contribution in [3.05, 3.63) is 53.6 Å². The maximum absolute atomic E-state index is 11.3. The Hall–Kier alpha value is -2.57. The van der Waals surface area contributed by atoms with Crippen molar-refractivity contribution in [2.75, 3.05) is 53.6 Å². The number of hydrogen-bond donors (Lipinski definition) is 0. The Bertz CT molecular complexity index is 853. The first kappa shape index (κ1) is 20.7. The predicted molar refractivity (Wildman–Crippen MR) is 116 cm³/mol. The Morgan fingerprint density at radius 3 is 2.53 bits per heavy atom. The molecule has 2 aromatic rings. The van der Waals surface area contributed by atoms with Gasteiger partial charge < -0.3 is 23.9 Å². The van der Waals surface area contributed by atoms with Crippen molar-refractivity contribution in [2.45, 2.75) is 18.4 Å². The first-order chi connectivity index (χ1) is 14.6. The van der Waals surface area contributed by atoms with Gasteiger partial charge in [-0.25, -0.2) is 0 Å². The summed E-state index contributed by atoms with van der Waals surface area (Å²) in [4.78, 5) is 15.7. The van der Waals surface area contributed by atoms with E-state index < -0.39 is 0 Å². The molecular formula is C24H30N2O4. The normalized spacial score (nSPS) is 21.0. The van der Waals surface area contributed by atoms with Gasteiger partial charge in [-0.05, 0) is 61.8 Å². The molecule has 30 heavy (non-hydrogen) atoms. The highest BCUT2D eigenvalue weighted by Crippen LogP contribution is 2.42. The SMILES string of the molecule is CN(C)CCOc1ccc([C@H]2C[C@@H](c3ccc4c(c3)OCCO4)CN2CC=O)cc1. The summed E-state index contributed by atoms with van der Waals surface area (Å²) < 4.78 is 17.2. The first-order valence-corrected chi connectivity index (χ1v) is 10.6. The van der Waals surface area contributed by atoms with Crippen molar-refractivity contribution in [3.8, 4) is 17.2 Å². The maximum atomic E-state index is 11.3. The summed E-state index contributed by atoms with van der Waals surface area (Å²) in [7, 11) is 4.07. The largest absolute Gasteiger partial charge is 0.492 e. The molecule has 2 aliphatic rings. The third-order valence-electron chi connectivity index (χ3n) is 5.82. The number of nitrogens with zero attached hydrogens (tertiary/aromatic N) is 2. The molecule has 0 saturated carbocycles. The fourth-order valence-electron chi connectivity index (χ4n) is 4.24. The second-order valence-electron chi connectivity index (χ2n) is 8.19. The van der Waals surface area contributed by atoms with Gasteiger partial charge in [0.25, 0.3) is 0 Å². The van der Waals surface area contributed by atoms with Gasteiger partial charge in [0.05, 0.1) is 6.54 Å². The number of rotatable bonds is 8. The van der Waals surface area contributed by atoms with Crippen LogP contribution < -0.4 is 14.2 Å². The molecule has 0 amide bonds. The van der Waals surface area contributed by atoms with Crippen LogP contribution in [0.4, 0.5) is 0 Å². The number of hydrogen-bond acceptors (Lipinski definition) is 6. The van der Waals surface area contributed by atoms with Crippen LogP contribution >= 0.6 is 0 Å². The molecule has 2 heterocycles. The predicted octanol–water partition coefficient (Wildman–Crippen LogP) is 3.13. The Labute approximate surface area is 178 Å². The Morgan fingerprint density at radius 1 is 1.07 bits per heavy atom. The number of ether oxygens (including phenoxy) is 3. The molecular weight excluding hydrogens is 380 g/mol. The Morgan fingerprint density at radius 2 is 1.80 bits per heavy atom. The van der Waals surface area contributed by atoms with Gasteiger partial charge in [-0.2, -0.15) is 0 Å². The monoisotopic (exact) mass is 410 g/mol. The number of benzene rings is 2. The molecule has 0 N–H and O–H groups in total. The summed E-state index contributed by atoms with van der Waals surface area (Å²) >= 11 is 0. The fraction of sp³-hybridized carbons (Fsp3) is 0.458. The summed E-state index contributed by atoms with van der Waals surface area (Å²) in [5.41, 5.74) is 2.46. The van der Waals surface area contributed by atoms with Gasteiger partial charge >= 0.3 is 0 Å². The van der Waals surface area contributed by atoms with Gasteiger partial charge in [0.1, 0.15) is 31.9 Å². The minimum absolute atomic E-state index is 0.212. The van der Waals surface area contributed by atoms with Crippen molar-refractivity contribution in [1.29, 1.82) is 0 Å². The lowest BCUT2D eigenvalue weighted by molar-refractivity contribution is -0.109.